The molecule has 0 unspecified atom stereocenters. The summed E-state index contributed by atoms with van der Waals surface area (Å²) in [6.07, 6.45) is -0.251. The van der Waals surface area contributed by atoms with Gasteiger partial charge < -0.3 is 5.11 Å². The molecule has 0 atom stereocenters. The number of carbonyl (C=O) groups is 1. The molecule has 0 saturated carbocycles. The molecule has 4 aromatic rings. The molecule has 0 radical (unpaired) electrons. The lowest BCUT2D eigenvalue weighted by Gasteiger charge is -2.17. The predicted molar refractivity (Wildman–Crippen MR) is 115 cm³/mol. The van der Waals surface area contributed by atoms with Crippen molar-refractivity contribution in [3.8, 4) is 22.4 Å². The summed E-state index contributed by atoms with van der Waals surface area (Å²) < 4.78 is 0. The van der Waals surface area contributed by atoms with Gasteiger partial charge in [-0.05, 0) is 29.7 Å². The van der Waals surface area contributed by atoms with Crippen LogP contribution < -0.4 is 0 Å². The Labute approximate surface area is 172 Å². The van der Waals surface area contributed by atoms with Crippen molar-refractivity contribution >= 4 is 22.6 Å². The molecule has 3 aromatic carbocycles. The Morgan fingerprint density at radius 3 is 2.33 bits per heavy atom. The number of aryl methyl sites for hydroxylation is 1. The maximum atomic E-state index is 11.8. The Morgan fingerprint density at radius 2 is 1.70 bits per heavy atom. The van der Waals surface area contributed by atoms with Crippen molar-refractivity contribution in [1.29, 1.82) is 0 Å². The molecule has 0 saturated heterocycles. The number of carboxylic acids is 1. The molecule has 148 valence electrons. The Hall–Kier alpha value is -4.06. The average Bonchev–Trinajstić information content (AvgIpc) is 2.73. The summed E-state index contributed by atoms with van der Waals surface area (Å²) in [5, 5.41) is 21.6. The van der Waals surface area contributed by atoms with Gasteiger partial charge in [0.2, 0.25) is 0 Å². The maximum Gasteiger partial charge on any atom is 0.307 e. The number of nitro groups is 1. The molecule has 1 N–H and O–H groups in total. The molecule has 1 aromatic heterocycles. The van der Waals surface area contributed by atoms with E-state index in [-0.39, 0.29) is 12.1 Å². The summed E-state index contributed by atoms with van der Waals surface area (Å²) in [5.41, 5.74) is 4.93. The zero-order valence-electron chi connectivity index (χ0n) is 16.2. The number of hydrogen-bond donors (Lipinski definition) is 1. The molecular weight excluding hydrogens is 380 g/mol. The highest BCUT2D eigenvalue weighted by molar-refractivity contribution is 6.01. The van der Waals surface area contributed by atoms with Gasteiger partial charge in [-0.3, -0.25) is 14.9 Å². The second-order valence-corrected chi connectivity index (χ2v) is 7.08. The van der Waals surface area contributed by atoms with Gasteiger partial charge in [-0.15, -0.1) is 0 Å². The van der Waals surface area contributed by atoms with Crippen LogP contribution in [0.15, 0.2) is 72.8 Å². The second kappa shape index (κ2) is 7.75. The number of rotatable bonds is 5. The van der Waals surface area contributed by atoms with Crippen molar-refractivity contribution < 1.29 is 14.8 Å². The van der Waals surface area contributed by atoms with Crippen LogP contribution >= 0.6 is 0 Å². The lowest BCUT2D eigenvalue weighted by Crippen LogP contribution is -2.07. The van der Waals surface area contributed by atoms with Crippen LogP contribution in [0.1, 0.15) is 11.1 Å². The van der Waals surface area contributed by atoms with Gasteiger partial charge in [-0.1, -0.05) is 60.2 Å². The molecule has 6 nitrogen and oxygen atoms in total. The zero-order valence-corrected chi connectivity index (χ0v) is 16.2. The summed E-state index contributed by atoms with van der Waals surface area (Å²) >= 11 is 0. The van der Waals surface area contributed by atoms with Crippen LogP contribution in [0.25, 0.3) is 33.3 Å². The number of benzene rings is 3. The van der Waals surface area contributed by atoms with Gasteiger partial charge in [-0.2, -0.15) is 0 Å². The van der Waals surface area contributed by atoms with Gasteiger partial charge in [0.1, 0.15) is 0 Å². The smallest absolute Gasteiger partial charge is 0.307 e. The minimum Gasteiger partial charge on any atom is -0.481 e. The van der Waals surface area contributed by atoms with Crippen LogP contribution in [0.3, 0.4) is 0 Å². The number of pyridine rings is 1. The van der Waals surface area contributed by atoms with Crippen molar-refractivity contribution in [1.82, 2.24) is 4.98 Å². The minimum atomic E-state index is -0.993. The summed E-state index contributed by atoms with van der Waals surface area (Å²) in [4.78, 5) is 27.4. The molecule has 0 aliphatic carbocycles. The van der Waals surface area contributed by atoms with Crippen molar-refractivity contribution in [3.05, 3.63) is 94.0 Å². The topological polar surface area (TPSA) is 93.3 Å². The fourth-order valence-corrected chi connectivity index (χ4v) is 3.61. The SMILES string of the molecule is Cc1ccc(-c2nc3ccc([N+](=O)[O-])cc3c(-c3ccccc3)c2CC(=O)O)cc1. The van der Waals surface area contributed by atoms with Crippen molar-refractivity contribution in [2.75, 3.05) is 0 Å². The Bertz CT molecular complexity index is 1270. The first-order valence-electron chi connectivity index (χ1n) is 9.39. The molecule has 0 aliphatic heterocycles. The minimum absolute atomic E-state index is 0.0640. The maximum absolute atomic E-state index is 11.8. The molecule has 0 bridgehead atoms. The normalized spacial score (nSPS) is 10.8. The van der Waals surface area contributed by atoms with E-state index in [2.05, 4.69) is 0 Å². The van der Waals surface area contributed by atoms with Gasteiger partial charge in [0.15, 0.2) is 0 Å². The Morgan fingerprint density at radius 1 is 1.00 bits per heavy atom. The number of hydrogen-bond acceptors (Lipinski definition) is 4. The molecule has 1 heterocycles. The molecule has 0 spiro atoms. The van der Waals surface area contributed by atoms with Gasteiger partial charge in [0, 0.05) is 23.1 Å². The molecule has 6 heteroatoms. The van der Waals surface area contributed by atoms with E-state index in [4.69, 9.17) is 4.98 Å². The van der Waals surface area contributed by atoms with Crippen molar-refractivity contribution in [3.63, 3.8) is 0 Å². The largest absolute Gasteiger partial charge is 0.481 e. The van der Waals surface area contributed by atoms with Crippen molar-refractivity contribution in [2.45, 2.75) is 13.3 Å². The predicted octanol–water partition coefficient (Wildman–Crippen LogP) is 5.41. The van der Waals surface area contributed by atoms with E-state index < -0.39 is 10.9 Å². The number of aromatic nitrogens is 1. The van der Waals surface area contributed by atoms with Crippen LogP contribution in [-0.2, 0) is 11.2 Å². The first-order chi connectivity index (χ1) is 14.4. The highest BCUT2D eigenvalue weighted by atomic mass is 16.6. The third-order valence-electron chi connectivity index (χ3n) is 5.00. The lowest BCUT2D eigenvalue weighted by molar-refractivity contribution is -0.384. The summed E-state index contributed by atoms with van der Waals surface area (Å²) in [6, 6.07) is 21.5. The molecule has 0 aliphatic rings. The number of aliphatic carboxylic acids is 1. The van der Waals surface area contributed by atoms with Crippen LogP contribution in [0.5, 0.6) is 0 Å². The fourth-order valence-electron chi connectivity index (χ4n) is 3.61. The number of non-ortho nitro benzene ring substituents is 1. The van der Waals surface area contributed by atoms with E-state index in [0.717, 1.165) is 16.7 Å². The Balaban J connectivity index is 2.14. The average molecular weight is 398 g/mol. The third-order valence-corrected chi connectivity index (χ3v) is 5.00. The number of nitrogens with zero attached hydrogens (tertiary/aromatic N) is 2. The van der Waals surface area contributed by atoms with E-state index in [0.29, 0.717) is 27.7 Å². The first kappa shape index (κ1) is 19.3. The van der Waals surface area contributed by atoms with Gasteiger partial charge in [-0.25, -0.2) is 4.98 Å². The van der Waals surface area contributed by atoms with E-state index in [1.807, 2.05) is 61.5 Å². The van der Waals surface area contributed by atoms with Crippen LogP contribution in [0, 0.1) is 17.0 Å². The highest BCUT2D eigenvalue weighted by Crippen LogP contribution is 2.38. The summed E-state index contributed by atoms with van der Waals surface area (Å²) in [5.74, 6) is -0.993. The van der Waals surface area contributed by atoms with E-state index >= 15 is 0 Å². The van der Waals surface area contributed by atoms with E-state index in [9.17, 15) is 20.0 Å². The Kier molecular flexibility index (Phi) is 4.98. The number of nitro benzene ring substituents is 1. The van der Waals surface area contributed by atoms with E-state index in [1.54, 1.807) is 6.07 Å². The summed E-state index contributed by atoms with van der Waals surface area (Å²) in [7, 11) is 0. The van der Waals surface area contributed by atoms with Gasteiger partial charge in [0.05, 0.1) is 22.6 Å². The zero-order chi connectivity index (χ0) is 21.3. The van der Waals surface area contributed by atoms with Gasteiger partial charge >= 0.3 is 5.97 Å². The molecule has 0 fully saturated rings. The fraction of sp³-hybridized carbons (Fsp3) is 0.0833. The van der Waals surface area contributed by atoms with Crippen molar-refractivity contribution in [2.24, 2.45) is 0 Å². The highest BCUT2D eigenvalue weighted by Gasteiger charge is 2.21. The molecule has 0 amide bonds. The number of fused-ring (bicyclic) bond motifs is 1. The quantitative estimate of drug-likeness (QED) is 0.358. The molecular formula is C24H18N2O4. The standard InChI is InChI=1S/C24H18N2O4/c1-15-7-9-17(10-8-15)24-20(14-22(27)28)23(16-5-3-2-4-6-16)19-13-18(26(29)30)11-12-21(19)25-24/h2-13H,14H2,1H3,(H,27,28). The first-order valence-corrected chi connectivity index (χ1v) is 9.39. The van der Waals surface area contributed by atoms with Crippen LogP contribution in [0.2, 0.25) is 0 Å². The van der Waals surface area contributed by atoms with E-state index in [1.165, 1.54) is 12.1 Å². The number of carboxylic acid groups (broad SMARTS) is 1. The van der Waals surface area contributed by atoms with Gasteiger partial charge in [0.25, 0.3) is 5.69 Å². The second-order valence-electron chi connectivity index (χ2n) is 7.08. The third kappa shape index (κ3) is 3.63. The summed E-state index contributed by atoms with van der Waals surface area (Å²) in [6.45, 7) is 1.98. The molecule has 4 rings (SSSR count). The molecule has 30 heavy (non-hydrogen) atoms. The monoisotopic (exact) mass is 398 g/mol. The lowest BCUT2D eigenvalue weighted by atomic mass is 9.90. The van der Waals surface area contributed by atoms with Crippen LogP contribution in [0.4, 0.5) is 5.69 Å². The van der Waals surface area contributed by atoms with Crippen LogP contribution in [-0.4, -0.2) is 21.0 Å².